The third kappa shape index (κ3) is 4.57. The van der Waals surface area contributed by atoms with E-state index in [-0.39, 0.29) is 6.03 Å². The van der Waals surface area contributed by atoms with Gasteiger partial charge in [-0.3, -0.25) is 5.32 Å². The number of methoxy groups -OCH3 is 1. The molecule has 2 rings (SSSR count). The third-order valence-corrected chi connectivity index (χ3v) is 3.60. The average Bonchev–Trinajstić information content (AvgIpc) is 3.00. The number of anilines is 1. The molecular formula is C14H15N3O3S. The van der Waals surface area contributed by atoms with Crippen LogP contribution in [0.2, 0.25) is 0 Å². The van der Waals surface area contributed by atoms with Crippen LogP contribution in [0.4, 0.5) is 10.6 Å². The SMILES string of the molecule is COC(=O)c1ccnc(NC(=O)NCCc2cccs2)c1. The molecule has 0 atom stereocenters. The lowest BCUT2D eigenvalue weighted by atomic mass is 10.2. The first-order valence-corrected chi connectivity index (χ1v) is 7.18. The van der Waals surface area contributed by atoms with Gasteiger partial charge in [0.25, 0.3) is 0 Å². The number of carbonyl (C=O) groups excluding carboxylic acids is 2. The maximum Gasteiger partial charge on any atom is 0.338 e. The Balaban J connectivity index is 1.83. The number of pyridine rings is 1. The number of hydrogen-bond acceptors (Lipinski definition) is 5. The van der Waals surface area contributed by atoms with Crippen molar-refractivity contribution in [2.75, 3.05) is 19.0 Å². The quantitative estimate of drug-likeness (QED) is 0.831. The summed E-state index contributed by atoms with van der Waals surface area (Å²) in [6.07, 6.45) is 2.22. The van der Waals surface area contributed by atoms with Gasteiger partial charge in [0.15, 0.2) is 0 Å². The van der Waals surface area contributed by atoms with Gasteiger partial charge in [-0.15, -0.1) is 11.3 Å². The predicted molar refractivity (Wildman–Crippen MR) is 80.6 cm³/mol. The number of amides is 2. The molecule has 2 amide bonds. The van der Waals surface area contributed by atoms with Crippen LogP contribution in [-0.2, 0) is 11.2 Å². The van der Waals surface area contributed by atoms with E-state index in [1.54, 1.807) is 11.3 Å². The van der Waals surface area contributed by atoms with Crippen LogP contribution in [0.1, 0.15) is 15.2 Å². The van der Waals surface area contributed by atoms with E-state index in [4.69, 9.17) is 0 Å². The Morgan fingerprint density at radius 3 is 2.95 bits per heavy atom. The molecule has 0 unspecified atom stereocenters. The number of esters is 1. The number of carbonyl (C=O) groups is 2. The van der Waals surface area contributed by atoms with Gasteiger partial charge < -0.3 is 10.1 Å². The largest absolute Gasteiger partial charge is 0.465 e. The molecule has 0 aliphatic rings. The highest BCUT2D eigenvalue weighted by Gasteiger charge is 2.08. The number of nitrogens with one attached hydrogen (secondary N) is 2. The Kier molecular flexibility index (Phi) is 5.28. The average molecular weight is 305 g/mol. The van der Waals surface area contributed by atoms with Crippen molar-refractivity contribution in [3.8, 4) is 0 Å². The van der Waals surface area contributed by atoms with Crippen LogP contribution < -0.4 is 10.6 Å². The zero-order valence-electron chi connectivity index (χ0n) is 11.5. The molecule has 0 aliphatic carbocycles. The molecule has 6 nitrogen and oxygen atoms in total. The van der Waals surface area contributed by atoms with E-state index in [1.165, 1.54) is 30.3 Å². The number of urea groups is 1. The van der Waals surface area contributed by atoms with Crippen molar-refractivity contribution in [2.45, 2.75) is 6.42 Å². The van der Waals surface area contributed by atoms with Gasteiger partial charge in [0, 0.05) is 17.6 Å². The van der Waals surface area contributed by atoms with Gasteiger partial charge in [-0.25, -0.2) is 14.6 Å². The Morgan fingerprint density at radius 1 is 1.38 bits per heavy atom. The van der Waals surface area contributed by atoms with Crippen molar-refractivity contribution < 1.29 is 14.3 Å². The van der Waals surface area contributed by atoms with Crippen LogP contribution in [0.3, 0.4) is 0 Å². The maximum absolute atomic E-state index is 11.7. The van der Waals surface area contributed by atoms with E-state index in [0.29, 0.717) is 17.9 Å². The summed E-state index contributed by atoms with van der Waals surface area (Å²) in [7, 11) is 1.30. The van der Waals surface area contributed by atoms with Gasteiger partial charge in [-0.2, -0.15) is 0 Å². The fraction of sp³-hybridized carbons (Fsp3) is 0.214. The van der Waals surface area contributed by atoms with Gasteiger partial charge in [-0.1, -0.05) is 6.07 Å². The van der Waals surface area contributed by atoms with Crippen LogP contribution in [0.15, 0.2) is 35.8 Å². The summed E-state index contributed by atoms with van der Waals surface area (Å²) >= 11 is 1.65. The minimum Gasteiger partial charge on any atom is -0.465 e. The van der Waals surface area contributed by atoms with E-state index in [0.717, 1.165) is 6.42 Å². The lowest BCUT2D eigenvalue weighted by Crippen LogP contribution is -2.30. The molecule has 21 heavy (non-hydrogen) atoms. The molecule has 2 aromatic rings. The van der Waals surface area contributed by atoms with Crippen LogP contribution in [-0.4, -0.2) is 30.6 Å². The first-order chi connectivity index (χ1) is 10.2. The summed E-state index contributed by atoms with van der Waals surface area (Å²) in [5.74, 6) is -0.176. The first kappa shape index (κ1) is 15.0. The summed E-state index contributed by atoms with van der Waals surface area (Å²) in [5.41, 5.74) is 0.335. The molecule has 110 valence electrons. The van der Waals surface area contributed by atoms with Gasteiger partial charge in [-0.05, 0) is 30.0 Å². The van der Waals surface area contributed by atoms with Crippen LogP contribution >= 0.6 is 11.3 Å². The highest BCUT2D eigenvalue weighted by Crippen LogP contribution is 2.09. The zero-order chi connectivity index (χ0) is 15.1. The van der Waals surface area contributed by atoms with Crippen molar-refractivity contribution in [3.63, 3.8) is 0 Å². The standard InChI is InChI=1S/C14H15N3O3S/c1-20-13(18)10-4-6-15-12(9-10)17-14(19)16-7-5-11-3-2-8-21-11/h2-4,6,8-9H,5,7H2,1H3,(H2,15,16,17,19). The number of rotatable bonds is 5. The number of aromatic nitrogens is 1. The molecular weight excluding hydrogens is 290 g/mol. The Labute approximate surface area is 126 Å². The Bertz CT molecular complexity index is 614. The van der Waals surface area contributed by atoms with E-state index in [2.05, 4.69) is 20.4 Å². The second-order valence-corrected chi connectivity index (χ2v) is 5.16. The summed E-state index contributed by atoms with van der Waals surface area (Å²) in [6.45, 7) is 0.531. The summed E-state index contributed by atoms with van der Waals surface area (Å²) < 4.78 is 4.61. The third-order valence-electron chi connectivity index (χ3n) is 2.66. The van der Waals surface area contributed by atoms with Gasteiger partial charge in [0.05, 0.1) is 12.7 Å². The summed E-state index contributed by atoms with van der Waals surface area (Å²) in [5, 5.41) is 7.31. The minimum absolute atomic E-state index is 0.298. The fourth-order valence-corrected chi connectivity index (χ4v) is 2.37. The molecule has 2 heterocycles. The monoisotopic (exact) mass is 305 g/mol. The predicted octanol–water partition coefficient (Wildman–Crippen LogP) is 2.29. The minimum atomic E-state index is -0.474. The Hall–Kier alpha value is -2.41. The van der Waals surface area contributed by atoms with Crippen molar-refractivity contribution in [1.82, 2.24) is 10.3 Å². The lowest BCUT2D eigenvalue weighted by molar-refractivity contribution is 0.0600. The molecule has 0 spiro atoms. The number of thiophene rings is 1. The van der Waals surface area contributed by atoms with Crippen molar-refractivity contribution in [2.24, 2.45) is 0 Å². The summed E-state index contributed by atoms with van der Waals surface area (Å²) in [4.78, 5) is 28.3. The number of ether oxygens (including phenoxy) is 1. The van der Waals surface area contributed by atoms with E-state index < -0.39 is 5.97 Å². The molecule has 0 saturated heterocycles. The molecule has 0 aliphatic heterocycles. The molecule has 0 saturated carbocycles. The van der Waals surface area contributed by atoms with Crippen molar-refractivity contribution in [3.05, 3.63) is 46.3 Å². The highest BCUT2D eigenvalue weighted by atomic mass is 32.1. The van der Waals surface area contributed by atoms with Crippen molar-refractivity contribution in [1.29, 1.82) is 0 Å². The molecule has 7 heteroatoms. The second-order valence-electron chi connectivity index (χ2n) is 4.13. The van der Waals surface area contributed by atoms with E-state index in [9.17, 15) is 9.59 Å². The number of nitrogens with zero attached hydrogens (tertiary/aromatic N) is 1. The topological polar surface area (TPSA) is 80.3 Å². The van der Waals surface area contributed by atoms with Gasteiger partial charge in [0.2, 0.25) is 0 Å². The van der Waals surface area contributed by atoms with Gasteiger partial charge >= 0.3 is 12.0 Å². The normalized spacial score (nSPS) is 9.95. The number of hydrogen-bond donors (Lipinski definition) is 2. The van der Waals surface area contributed by atoms with Crippen LogP contribution in [0.25, 0.3) is 0 Å². The zero-order valence-corrected chi connectivity index (χ0v) is 12.3. The fourth-order valence-electron chi connectivity index (χ4n) is 1.66. The van der Waals surface area contributed by atoms with E-state index >= 15 is 0 Å². The molecule has 0 bridgehead atoms. The lowest BCUT2D eigenvalue weighted by Gasteiger charge is -2.07. The van der Waals surface area contributed by atoms with Crippen LogP contribution in [0, 0.1) is 0 Å². The Morgan fingerprint density at radius 2 is 2.24 bits per heavy atom. The highest BCUT2D eigenvalue weighted by molar-refractivity contribution is 7.09. The smallest absolute Gasteiger partial charge is 0.338 e. The molecule has 2 aromatic heterocycles. The van der Waals surface area contributed by atoms with Gasteiger partial charge in [0.1, 0.15) is 5.82 Å². The van der Waals surface area contributed by atoms with E-state index in [1.807, 2.05) is 17.5 Å². The van der Waals surface area contributed by atoms with Crippen LogP contribution in [0.5, 0.6) is 0 Å². The molecule has 2 N–H and O–H groups in total. The molecule has 0 fully saturated rings. The second kappa shape index (κ2) is 7.39. The summed E-state index contributed by atoms with van der Waals surface area (Å²) in [6, 6.07) is 6.62. The molecule has 0 radical (unpaired) electrons. The maximum atomic E-state index is 11.7. The first-order valence-electron chi connectivity index (χ1n) is 6.30. The molecule has 0 aromatic carbocycles. The van der Waals surface area contributed by atoms with Crippen molar-refractivity contribution >= 4 is 29.2 Å².